The van der Waals surface area contributed by atoms with Crippen molar-refractivity contribution in [2.24, 2.45) is 0 Å². The van der Waals surface area contributed by atoms with Gasteiger partial charge in [0, 0.05) is 18.1 Å². The van der Waals surface area contributed by atoms with Crippen molar-refractivity contribution in [1.29, 1.82) is 0 Å². The van der Waals surface area contributed by atoms with Crippen LogP contribution in [0.25, 0.3) is 0 Å². The molecule has 0 bridgehead atoms. The van der Waals surface area contributed by atoms with E-state index < -0.39 is 0 Å². The summed E-state index contributed by atoms with van der Waals surface area (Å²) in [7, 11) is 0. The van der Waals surface area contributed by atoms with Crippen LogP contribution in [0.3, 0.4) is 0 Å². The minimum Gasteiger partial charge on any atom is -0.391 e. The Balaban J connectivity index is 2.65. The van der Waals surface area contributed by atoms with Gasteiger partial charge in [0.1, 0.15) is 0 Å². The summed E-state index contributed by atoms with van der Waals surface area (Å²) in [5.74, 6) is 0. The maximum atomic E-state index is 10.00. The number of hydrogen-bond donors (Lipinski definition) is 1. The third kappa shape index (κ3) is 2.71. The van der Waals surface area contributed by atoms with Crippen LogP contribution < -0.4 is 0 Å². The van der Waals surface area contributed by atoms with Crippen LogP contribution in [0.5, 0.6) is 0 Å². The molecule has 0 radical (unpaired) electrons. The van der Waals surface area contributed by atoms with Crippen LogP contribution in [0.4, 0.5) is 0 Å². The maximum Gasteiger partial charge on any atom is 0.0695 e. The van der Waals surface area contributed by atoms with Crippen molar-refractivity contribution in [3.63, 3.8) is 0 Å². The molecule has 2 atom stereocenters. The molecule has 0 aromatic carbocycles. The lowest BCUT2D eigenvalue weighted by atomic mass is 9.90. The molecule has 0 aromatic rings. The first-order valence-electron chi connectivity index (χ1n) is 5.99. The number of hydrogen-bond acceptors (Lipinski definition) is 2. The SMILES string of the molecule is CC(C)N(C(C)C)[C@H]1CCCC[C@@H]1O. The highest BCUT2D eigenvalue weighted by atomic mass is 16.3. The van der Waals surface area contributed by atoms with Crippen molar-refractivity contribution < 1.29 is 5.11 Å². The average Bonchev–Trinajstić information content (AvgIpc) is 2.07. The molecule has 0 aliphatic heterocycles. The maximum absolute atomic E-state index is 10.00. The Bertz CT molecular complexity index is 160. The Morgan fingerprint density at radius 3 is 1.93 bits per heavy atom. The van der Waals surface area contributed by atoms with Gasteiger partial charge in [0.05, 0.1) is 6.10 Å². The van der Waals surface area contributed by atoms with E-state index in [1.165, 1.54) is 12.8 Å². The van der Waals surface area contributed by atoms with Crippen LogP contribution in [0.2, 0.25) is 0 Å². The van der Waals surface area contributed by atoms with Crippen molar-refractivity contribution in [2.75, 3.05) is 0 Å². The summed E-state index contributed by atoms with van der Waals surface area (Å²) in [5.41, 5.74) is 0. The fourth-order valence-electron chi connectivity index (χ4n) is 2.80. The Morgan fingerprint density at radius 1 is 1.00 bits per heavy atom. The van der Waals surface area contributed by atoms with Crippen molar-refractivity contribution in [2.45, 2.75) is 77.6 Å². The van der Waals surface area contributed by atoms with Crippen LogP contribution in [-0.4, -0.2) is 34.2 Å². The van der Waals surface area contributed by atoms with E-state index in [2.05, 4.69) is 32.6 Å². The molecular formula is C12H25NO. The van der Waals surface area contributed by atoms with Crippen LogP contribution in [-0.2, 0) is 0 Å². The van der Waals surface area contributed by atoms with Crippen LogP contribution in [0.1, 0.15) is 53.4 Å². The smallest absolute Gasteiger partial charge is 0.0695 e. The van der Waals surface area contributed by atoms with E-state index in [-0.39, 0.29) is 6.10 Å². The van der Waals surface area contributed by atoms with Gasteiger partial charge in [-0.2, -0.15) is 0 Å². The number of nitrogens with zero attached hydrogens (tertiary/aromatic N) is 1. The molecule has 0 saturated heterocycles. The molecule has 1 N–H and O–H groups in total. The Hall–Kier alpha value is -0.0800. The molecule has 0 aromatic heterocycles. The van der Waals surface area contributed by atoms with Crippen LogP contribution >= 0.6 is 0 Å². The number of aliphatic hydroxyl groups is 1. The van der Waals surface area contributed by atoms with E-state index in [4.69, 9.17) is 0 Å². The molecule has 0 unspecified atom stereocenters. The average molecular weight is 199 g/mol. The van der Waals surface area contributed by atoms with Gasteiger partial charge in [-0.1, -0.05) is 12.8 Å². The molecule has 1 saturated carbocycles. The normalized spacial score (nSPS) is 29.1. The predicted octanol–water partition coefficient (Wildman–Crippen LogP) is 2.41. The van der Waals surface area contributed by atoms with E-state index >= 15 is 0 Å². The summed E-state index contributed by atoms with van der Waals surface area (Å²) < 4.78 is 0. The number of rotatable bonds is 3. The molecule has 1 aliphatic carbocycles. The monoisotopic (exact) mass is 199 g/mol. The van der Waals surface area contributed by atoms with Gasteiger partial charge >= 0.3 is 0 Å². The van der Waals surface area contributed by atoms with Gasteiger partial charge in [0.2, 0.25) is 0 Å². The van der Waals surface area contributed by atoms with Gasteiger partial charge in [0.15, 0.2) is 0 Å². The van der Waals surface area contributed by atoms with E-state index in [1.54, 1.807) is 0 Å². The first kappa shape index (κ1) is 12.0. The highest BCUT2D eigenvalue weighted by Gasteiger charge is 2.31. The topological polar surface area (TPSA) is 23.5 Å². The second kappa shape index (κ2) is 5.13. The molecule has 1 rings (SSSR count). The third-order valence-electron chi connectivity index (χ3n) is 3.27. The molecule has 0 amide bonds. The molecule has 1 aliphatic rings. The summed E-state index contributed by atoms with van der Waals surface area (Å²) in [6.45, 7) is 8.89. The summed E-state index contributed by atoms with van der Waals surface area (Å²) in [4.78, 5) is 2.46. The Labute approximate surface area is 88.3 Å². The largest absolute Gasteiger partial charge is 0.391 e. The zero-order chi connectivity index (χ0) is 10.7. The quantitative estimate of drug-likeness (QED) is 0.754. The molecule has 0 spiro atoms. The van der Waals surface area contributed by atoms with Crippen molar-refractivity contribution >= 4 is 0 Å². The van der Waals surface area contributed by atoms with Gasteiger partial charge in [-0.05, 0) is 40.5 Å². The Morgan fingerprint density at radius 2 is 1.50 bits per heavy atom. The lowest BCUT2D eigenvalue weighted by molar-refractivity contribution is -0.0112. The number of aliphatic hydroxyl groups excluding tert-OH is 1. The minimum absolute atomic E-state index is 0.103. The van der Waals surface area contributed by atoms with Crippen molar-refractivity contribution in [1.82, 2.24) is 4.90 Å². The van der Waals surface area contributed by atoms with Gasteiger partial charge in [-0.3, -0.25) is 4.90 Å². The lowest BCUT2D eigenvalue weighted by Crippen LogP contribution is -2.51. The highest BCUT2D eigenvalue weighted by molar-refractivity contribution is 4.86. The lowest BCUT2D eigenvalue weighted by Gasteiger charge is -2.42. The van der Waals surface area contributed by atoms with Crippen molar-refractivity contribution in [3.05, 3.63) is 0 Å². The van der Waals surface area contributed by atoms with E-state index in [0.717, 1.165) is 12.8 Å². The summed E-state index contributed by atoms with van der Waals surface area (Å²) in [6, 6.07) is 1.46. The van der Waals surface area contributed by atoms with Crippen molar-refractivity contribution in [3.8, 4) is 0 Å². The molecule has 2 heteroatoms. The van der Waals surface area contributed by atoms with E-state index in [0.29, 0.717) is 18.1 Å². The fraction of sp³-hybridized carbons (Fsp3) is 1.00. The predicted molar refractivity (Wildman–Crippen MR) is 60.4 cm³/mol. The van der Waals surface area contributed by atoms with Gasteiger partial charge in [-0.25, -0.2) is 0 Å². The van der Waals surface area contributed by atoms with E-state index in [9.17, 15) is 5.11 Å². The first-order chi connectivity index (χ1) is 6.54. The zero-order valence-corrected chi connectivity index (χ0v) is 10.0. The van der Waals surface area contributed by atoms with Gasteiger partial charge in [0.25, 0.3) is 0 Å². The summed E-state index contributed by atoms with van der Waals surface area (Å²) in [6.07, 6.45) is 4.52. The Kier molecular flexibility index (Phi) is 4.39. The first-order valence-corrected chi connectivity index (χ1v) is 5.99. The molecule has 1 fully saturated rings. The van der Waals surface area contributed by atoms with E-state index in [1.807, 2.05) is 0 Å². The van der Waals surface area contributed by atoms with Crippen LogP contribution in [0.15, 0.2) is 0 Å². The molecule has 84 valence electrons. The molecular weight excluding hydrogens is 174 g/mol. The van der Waals surface area contributed by atoms with Gasteiger partial charge in [-0.15, -0.1) is 0 Å². The molecule has 14 heavy (non-hydrogen) atoms. The highest BCUT2D eigenvalue weighted by Crippen LogP contribution is 2.26. The summed E-state index contributed by atoms with van der Waals surface area (Å²) in [5, 5.41) is 10.00. The standard InChI is InChI=1S/C12H25NO/c1-9(2)13(10(3)4)11-7-5-6-8-12(11)14/h9-12,14H,5-8H2,1-4H3/t11-,12-/m0/s1. The van der Waals surface area contributed by atoms with Crippen LogP contribution in [0, 0.1) is 0 Å². The second-order valence-corrected chi connectivity index (χ2v) is 5.05. The summed E-state index contributed by atoms with van der Waals surface area (Å²) >= 11 is 0. The molecule has 2 nitrogen and oxygen atoms in total. The zero-order valence-electron chi connectivity index (χ0n) is 10.0. The fourth-order valence-corrected chi connectivity index (χ4v) is 2.80. The third-order valence-corrected chi connectivity index (χ3v) is 3.27. The minimum atomic E-state index is -0.103. The second-order valence-electron chi connectivity index (χ2n) is 5.05. The molecule has 0 heterocycles. The van der Waals surface area contributed by atoms with Gasteiger partial charge < -0.3 is 5.11 Å².